The van der Waals surface area contributed by atoms with E-state index in [-0.39, 0.29) is 17.3 Å². The van der Waals surface area contributed by atoms with Gasteiger partial charge in [0.1, 0.15) is 6.04 Å². The average Bonchev–Trinajstić information content (AvgIpc) is 2.74. The second-order valence-electron chi connectivity index (χ2n) is 3.87. The van der Waals surface area contributed by atoms with E-state index < -0.39 is 6.04 Å². The van der Waals surface area contributed by atoms with Gasteiger partial charge in [-0.2, -0.15) is 0 Å². The third kappa shape index (κ3) is 1.28. The summed E-state index contributed by atoms with van der Waals surface area (Å²) in [5, 5.41) is 2.64. The topological polar surface area (TPSA) is 64.6 Å². The molecule has 1 amide bonds. The minimum absolute atomic E-state index is 0.0918. The number of hydrogen-bond acceptors (Lipinski definition) is 4. The van der Waals surface area contributed by atoms with Crippen LogP contribution in [0.1, 0.15) is 12.8 Å². The summed E-state index contributed by atoms with van der Waals surface area (Å²) in [6, 6.07) is -0.525. The Morgan fingerprint density at radius 2 is 2.50 bits per heavy atom. The summed E-state index contributed by atoms with van der Waals surface area (Å²) in [6.45, 7) is 1.08. The van der Waals surface area contributed by atoms with Crippen LogP contribution in [0.25, 0.3) is 0 Å². The molecule has 2 rings (SSSR count). The Morgan fingerprint density at radius 3 is 3.07 bits per heavy atom. The number of esters is 1. The van der Waals surface area contributed by atoms with E-state index in [4.69, 9.17) is 4.74 Å². The van der Waals surface area contributed by atoms with Crippen LogP contribution < -0.4 is 5.32 Å². The van der Waals surface area contributed by atoms with Gasteiger partial charge in [-0.15, -0.1) is 0 Å². The normalized spacial score (nSPS) is 36.1. The van der Waals surface area contributed by atoms with Gasteiger partial charge in [-0.25, -0.2) is 4.79 Å². The van der Waals surface area contributed by atoms with Crippen molar-refractivity contribution in [1.29, 1.82) is 0 Å². The number of ether oxygens (including phenoxy) is 2. The third-order valence-corrected chi connectivity index (χ3v) is 3.00. The zero-order valence-corrected chi connectivity index (χ0v) is 8.04. The predicted octanol–water partition coefficient (Wildman–Crippen LogP) is -0.545. The van der Waals surface area contributed by atoms with Crippen LogP contribution in [-0.4, -0.2) is 38.2 Å². The molecule has 1 N–H and O–H groups in total. The van der Waals surface area contributed by atoms with Gasteiger partial charge in [-0.3, -0.25) is 4.79 Å². The smallest absolute Gasteiger partial charge is 0.329 e. The summed E-state index contributed by atoms with van der Waals surface area (Å²) in [5.74, 6) is -0.466. The molecule has 0 radical (unpaired) electrons. The van der Waals surface area contributed by atoms with Crippen LogP contribution >= 0.6 is 0 Å². The largest absolute Gasteiger partial charge is 0.467 e. The maximum atomic E-state index is 11.4. The molecule has 2 aliphatic heterocycles. The first-order chi connectivity index (χ1) is 6.68. The molecule has 0 bridgehead atoms. The second-order valence-corrected chi connectivity index (χ2v) is 3.87. The van der Waals surface area contributed by atoms with Gasteiger partial charge in [0, 0.05) is 18.4 Å². The highest BCUT2D eigenvalue weighted by molar-refractivity contribution is 5.90. The zero-order valence-electron chi connectivity index (χ0n) is 8.04. The monoisotopic (exact) mass is 199 g/mol. The fourth-order valence-electron chi connectivity index (χ4n) is 2.20. The molecule has 2 fully saturated rings. The first-order valence-electron chi connectivity index (χ1n) is 4.63. The number of methoxy groups -OCH3 is 1. The Kier molecular flexibility index (Phi) is 2.19. The zero-order chi connectivity index (χ0) is 10.2. The molecule has 5 heteroatoms. The number of nitrogens with one attached hydrogen (secondary N) is 1. The molecule has 2 saturated heterocycles. The summed E-state index contributed by atoms with van der Waals surface area (Å²) in [7, 11) is 1.33. The molecule has 0 aliphatic carbocycles. The second kappa shape index (κ2) is 3.24. The lowest BCUT2D eigenvalue weighted by molar-refractivity contribution is -0.146. The van der Waals surface area contributed by atoms with Crippen LogP contribution in [0.5, 0.6) is 0 Å². The lowest BCUT2D eigenvalue weighted by atomic mass is 9.80. The van der Waals surface area contributed by atoms with Crippen molar-refractivity contribution in [3.8, 4) is 0 Å². The Morgan fingerprint density at radius 1 is 1.71 bits per heavy atom. The van der Waals surface area contributed by atoms with Crippen LogP contribution in [0.2, 0.25) is 0 Å². The molecule has 5 nitrogen and oxygen atoms in total. The number of carbonyl (C=O) groups excluding carboxylic acids is 2. The van der Waals surface area contributed by atoms with E-state index in [2.05, 4.69) is 10.1 Å². The molecule has 2 aliphatic rings. The van der Waals surface area contributed by atoms with E-state index >= 15 is 0 Å². The van der Waals surface area contributed by atoms with Crippen molar-refractivity contribution in [1.82, 2.24) is 5.32 Å². The number of carbonyl (C=O) groups is 2. The summed E-state index contributed by atoms with van der Waals surface area (Å²) < 4.78 is 9.92. The molecule has 0 aromatic rings. The van der Waals surface area contributed by atoms with Gasteiger partial charge < -0.3 is 14.8 Å². The van der Waals surface area contributed by atoms with E-state index in [1.54, 1.807) is 0 Å². The van der Waals surface area contributed by atoms with Gasteiger partial charge in [-0.1, -0.05) is 0 Å². The maximum Gasteiger partial charge on any atom is 0.329 e. The highest BCUT2D eigenvalue weighted by Gasteiger charge is 2.53. The summed E-state index contributed by atoms with van der Waals surface area (Å²) in [5.41, 5.74) is -0.357. The van der Waals surface area contributed by atoms with Crippen molar-refractivity contribution in [2.75, 3.05) is 20.3 Å². The molecule has 2 unspecified atom stereocenters. The van der Waals surface area contributed by atoms with Crippen LogP contribution in [-0.2, 0) is 19.1 Å². The molecule has 2 heterocycles. The van der Waals surface area contributed by atoms with Crippen molar-refractivity contribution >= 4 is 11.9 Å². The van der Waals surface area contributed by atoms with Gasteiger partial charge in [-0.05, 0) is 6.42 Å². The Balaban J connectivity index is 2.21. The van der Waals surface area contributed by atoms with Crippen molar-refractivity contribution in [2.24, 2.45) is 5.41 Å². The van der Waals surface area contributed by atoms with Gasteiger partial charge in [0.05, 0.1) is 13.7 Å². The minimum atomic E-state index is -0.525. The molecule has 14 heavy (non-hydrogen) atoms. The van der Waals surface area contributed by atoms with Gasteiger partial charge in [0.2, 0.25) is 5.91 Å². The lowest BCUT2D eigenvalue weighted by Gasteiger charge is -2.25. The van der Waals surface area contributed by atoms with Crippen LogP contribution in [0.4, 0.5) is 0 Å². The molecule has 2 atom stereocenters. The fourth-order valence-corrected chi connectivity index (χ4v) is 2.20. The molecule has 0 aromatic carbocycles. The van der Waals surface area contributed by atoms with Crippen molar-refractivity contribution in [3.05, 3.63) is 0 Å². The van der Waals surface area contributed by atoms with Crippen molar-refractivity contribution in [2.45, 2.75) is 18.9 Å². The predicted molar refractivity (Wildman–Crippen MR) is 46.4 cm³/mol. The quantitative estimate of drug-likeness (QED) is 0.576. The van der Waals surface area contributed by atoms with E-state index in [1.165, 1.54) is 7.11 Å². The van der Waals surface area contributed by atoms with Crippen LogP contribution in [0.3, 0.4) is 0 Å². The molecular weight excluding hydrogens is 186 g/mol. The van der Waals surface area contributed by atoms with E-state index in [9.17, 15) is 9.59 Å². The van der Waals surface area contributed by atoms with Crippen molar-refractivity contribution in [3.63, 3.8) is 0 Å². The Labute approximate surface area is 81.7 Å². The highest BCUT2D eigenvalue weighted by atomic mass is 16.5. The molecular formula is C9H13NO4. The van der Waals surface area contributed by atoms with Gasteiger partial charge >= 0.3 is 5.97 Å². The number of amides is 1. The SMILES string of the molecule is COC(=O)C1NC(=O)CC12CCOC2. The third-order valence-electron chi connectivity index (χ3n) is 3.00. The van der Waals surface area contributed by atoms with E-state index in [0.717, 1.165) is 6.42 Å². The molecule has 78 valence electrons. The van der Waals surface area contributed by atoms with E-state index in [1.807, 2.05) is 0 Å². The number of rotatable bonds is 1. The van der Waals surface area contributed by atoms with Gasteiger partial charge in [0.15, 0.2) is 0 Å². The highest BCUT2D eigenvalue weighted by Crippen LogP contribution is 2.40. The molecule has 0 saturated carbocycles. The number of hydrogen-bond donors (Lipinski definition) is 1. The van der Waals surface area contributed by atoms with Gasteiger partial charge in [0.25, 0.3) is 0 Å². The summed E-state index contributed by atoms with van der Waals surface area (Å²) in [4.78, 5) is 22.7. The summed E-state index contributed by atoms with van der Waals surface area (Å²) >= 11 is 0. The maximum absolute atomic E-state index is 11.4. The average molecular weight is 199 g/mol. The minimum Gasteiger partial charge on any atom is -0.467 e. The Bertz CT molecular complexity index is 270. The summed E-state index contributed by atoms with van der Waals surface area (Å²) in [6.07, 6.45) is 1.11. The van der Waals surface area contributed by atoms with Crippen molar-refractivity contribution < 1.29 is 19.1 Å². The lowest BCUT2D eigenvalue weighted by Crippen LogP contribution is -2.44. The van der Waals surface area contributed by atoms with E-state index in [0.29, 0.717) is 19.6 Å². The first-order valence-corrected chi connectivity index (χ1v) is 4.63. The van der Waals surface area contributed by atoms with Crippen LogP contribution in [0, 0.1) is 5.41 Å². The van der Waals surface area contributed by atoms with Crippen LogP contribution in [0.15, 0.2) is 0 Å². The molecule has 1 spiro atoms. The Hall–Kier alpha value is -1.10. The fraction of sp³-hybridized carbons (Fsp3) is 0.778. The molecule has 0 aromatic heterocycles. The first kappa shape index (κ1) is 9.45. The standard InChI is InChI=1S/C9H13NO4/c1-13-8(12)7-9(2-3-14-5-9)4-6(11)10-7/h7H,2-5H2,1H3,(H,10,11).